The van der Waals surface area contributed by atoms with Crippen LogP contribution in [0.4, 0.5) is 0 Å². The fourth-order valence-electron chi connectivity index (χ4n) is 1.90. The molecule has 0 spiro atoms. The Labute approximate surface area is 115 Å². The van der Waals surface area contributed by atoms with Crippen molar-refractivity contribution in [3.63, 3.8) is 0 Å². The largest absolute Gasteiger partial charge is 0.330 e. The van der Waals surface area contributed by atoms with Gasteiger partial charge in [-0.2, -0.15) is 0 Å². The zero-order valence-electron chi connectivity index (χ0n) is 11.8. The van der Waals surface area contributed by atoms with E-state index in [1.165, 1.54) is 17.7 Å². The fraction of sp³-hybridized carbons (Fsp3) is 0.500. The van der Waals surface area contributed by atoms with Gasteiger partial charge in [0.1, 0.15) is 12.2 Å². The highest BCUT2D eigenvalue weighted by Crippen LogP contribution is 1.93. The Morgan fingerprint density at radius 3 is 2.60 bits per heavy atom. The molecule has 1 N–H and O–H groups in total. The van der Waals surface area contributed by atoms with Crippen molar-refractivity contribution in [1.29, 1.82) is 0 Å². The maximum absolute atomic E-state index is 11.8. The van der Waals surface area contributed by atoms with Crippen LogP contribution in [0.15, 0.2) is 22.0 Å². The third kappa shape index (κ3) is 2.85. The third-order valence-electron chi connectivity index (χ3n) is 3.26. The third-order valence-corrected chi connectivity index (χ3v) is 3.26. The van der Waals surface area contributed by atoms with Crippen molar-refractivity contribution in [2.45, 2.75) is 13.0 Å². The van der Waals surface area contributed by atoms with Crippen molar-refractivity contribution in [3.8, 4) is 0 Å². The van der Waals surface area contributed by atoms with Crippen LogP contribution in [-0.4, -0.2) is 30.4 Å². The van der Waals surface area contributed by atoms with Crippen LogP contribution in [0.5, 0.6) is 0 Å². The summed E-state index contributed by atoms with van der Waals surface area (Å²) >= 11 is 0. The zero-order valence-corrected chi connectivity index (χ0v) is 11.8. The molecule has 0 aliphatic rings. The summed E-state index contributed by atoms with van der Waals surface area (Å²) in [6.07, 6.45) is 2.38. The number of nitrogens with one attached hydrogen (secondary N) is 1. The Hall–Kier alpha value is -2.22. The molecule has 8 nitrogen and oxygen atoms in total. The minimum Gasteiger partial charge on any atom is -0.321 e. The van der Waals surface area contributed by atoms with Gasteiger partial charge in [0.25, 0.3) is 5.56 Å². The van der Waals surface area contributed by atoms with Crippen LogP contribution in [0, 0.1) is 0 Å². The van der Waals surface area contributed by atoms with E-state index in [1.807, 2.05) is 11.6 Å². The summed E-state index contributed by atoms with van der Waals surface area (Å²) in [4.78, 5) is 23.3. The van der Waals surface area contributed by atoms with Crippen molar-refractivity contribution >= 4 is 0 Å². The number of aryl methyl sites for hydroxylation is 1. The number of nitrogens with zero attached hydrogens (tertiary/aromatic N) is 5. The summed E-state index contributed by atoms with van der Waals surface area (Å²) < 4.78 is 4.41. The molecule has 0 aliphatic heterocycles. The molecule has 0 bridgehead atoms. The SMILES string of the molecule is Cn1cnnc1CCNCc1cc(=O)n(C)c(=O)n1C. The second kappa shape index (κ2) is 5.83. The number of rotatable bonds is 5. The first kappa shape index (κ1) is 14.2. The molecule has 0 saturated carbocycles. The van der Waals surface area contributed by atoms with E-state index in [9.17, 15) is 9.59 Å². The lowest BCUT2D eigenvalue weighted by molar-refractivity contribution is 0.593. The van der Waals surface area contributed by atoms with Crippen molar-refractivity contribution in [1.82, 2.24) is 29.2 Å². The average Bonchev–Trinajstić information content (AvgIpc) is 2.83. The maximum Gasteiger partial charge on any atom is 0.330 e. The molecule has 0 atom stereocenters. The first-order valence-corrected chi connectivity index (χ1v) is 6.30. The number of hydrogen-bond donors (Lipinski definition) is 1. The van der Waals surface area contributed by atoms with E-state index in [0.29, 0.717) is 18.8 Å². The van der Waals surface area contributed by atoms with E-state index in [0.717, 1.165) is 16.8 Å². The topological polar surface area (TPSA) is 86.7 Å². The fourth-order valence-corrected chi connectivity index (χ4v) is 1.90. The Bertz CT molecular complexity index is 711. The predicted octanol–water partition coefficient (Wildman–Crippen LogP) is -1.46. The average molecular weight is 278 g/mol. The first-order chi connectivity index (χ1) is 9.50. The predicted molar refractivity (Wildman–Crippen MR) is 73.3 cm³/mol. The van der Waals surface area contributed by atoms with E-state index < -0.39 is 0 Å². The molecule has 0 amide bonds. The van der Waals surface area contributed by atoms with Gasteiger partial charge in [-0.15, -0.1) is 10.2 Å². The monoisotopic (exact) mass is 278 g/mol. The summed E-state index contributed by atoms with van der Waals surface area (Å²) in [5, 5.41) is 11.0. The lowest BCUT2D eigenvalue weighted by Gasteiger charge is -2.10. The number of hydrogen-bond acceptors (Lipinski definition) is 5. The van der Waals surface area contributed by atoms with Gasteiger partial charge >= 0.3 is 5.69 Å². The van der Waals surface area contributed by atoms with Crippen molar-refractivity contribution in [3.05, 3.63) is 44.8 Å². The Kier molecular flexibility index (Phi) is 4.14. The molecule has 2 aromatic heterocycles. The molecule has 2 heterocycles. The van der Waals surface area contributed by atoms with Crippen molar-refractivity contribution in [2.75, 3.05) is 6.54 Å². The van der Waals surface area contributed by atoms with Gasteiger partial charge in [-0.3, -0.25) is 13.9 Å². The lowest BCUT2D eigenvalue weighted by Crippen LogP contribution is -2.39. The van der Waals surface area contributed by atoms with Gasteiger partial charge in [0.15, 0.2) is 0 Å². The minimum atomic E-state index is -0.317. The smallest absolute Gasteiger partial charge is 0.321 e. The van der Waals surface area contributed by atoms with Crippen LogP contribution >= 0.6 is 0 Å². The first-order valence-electron chi connectivity index (χ1n) is 6.30. The highest BCUT2D eigenvalue weighted by molar-refractivity contribution is 5.01. The molecule has 20 heavy (non-hydrogen) atoms. The molecule has 0 radical (unpaired) electrons. The van der Waals surface area contributed by atoms with Crippen molar-refractivity contribution in [2.24, 2.45) is 21.1 Å². The summed E-state index contributed by atoms with van der Waals surface area (Å²) in [5.41, 5.74) is 0.0527. The maximum atomic E-state index is 11.8. The van der Waals surface area contributed by atoms with E-state index in [-0.39, 0.29) is 11.2 Å². The molecular formula is C12H18N6O2. The van der Waals surface area contributed by atoms with Crippen LogP contribution in [0.3, 0.4) is 0 Å². The molecule has 2 aromatic rings. The molecule has 8 heteroatoms. The van der Waals surface area contributed by atoms with Crippen molar-refractivity contribution < 1.29 is 0 Å². The molecule has 0 fully saturated rings. The Balaban J connectivity index is 1.97. The van der Waals surface area contributed by atoms with E-state index in [2.05, 4.69) is 15.5 Å². The van der Waals surface area contributed by atoms with Gasteiger partial charge in [0.2, 0.25) is 0 Å². The molecule has 0 aromatic carbocycles. The highest BCUT2D eigenvalue weighted by atomic mass is 16.2. The van der Waals surface area contributed by atoms with Gasteiger partial charge in [0, 0.05) is 52.4 Å². The Morgan fingerprint density at radius 2 is 1.95 bits per heavy atom. The van der Waals surface area contributed by atoms with Gasteiger partial charge in [-0.05, 0) is 0 Å². The summed E-state index contributed by atoms with van der Waals surface area (Å²) in [6.45, 7) is 1.15. The summed E-state index contributed by atoms with van der Waals surface area (Å²) in [5.74, 6) is 0.885. The molecular weight excluding hydrogens is 260 g/mol. The second-order valence-corrected chi connectivity index (χ2v) is 4.66. The standard InChI is InChI=1S/C12H18N6O2/c1-16-8-14-15-10(16)4-5-13-7-9-6-11(19)18(3)12(20)17(9)2/h6,8,13H,4-5,7H2,1-3H3. The second-order valence-electron chi connectivity index (χ2n) is 4.66. The minimum absolute atomic E-state index is 0.293. The quantitative estimate of drug-likeness (QED) is 0.676. The molecule has 108 valence electrons. The van der Waals surface area contributed by atoms with Gasteiger partial charge in [-0.1, -0.05) is 0 Å². The lowest BCUT2D eigenvalue weighted by atomic mass is 10.3. The van der Waals surface area contributed by atoms with E-state index in [4.69, 9.17) is 0 Å². The van der Waals surface area contributed by atoms with Gasteiger partial charge in [0.05, 0.1) is 0 Å². The molecule has 2 rings (SSSR count). The Morgan fingerprint density at radius 1 is 1.20 bits per heavy atom. The van der Waals surface area contributed by atoms with Crippen LogP contribution in [0.1, 0.15) is 11.5 Å². The van der Waals surface area contributed by atoms with Gasteiger partial charge < -0.3 is 9.88 Å². The molecule has 0 aliphatic carbocycles. The van der Waals surface area contributed by atoms with Gasteiger partial charge in [-0.25, -0.2) is 4.79 Å². The van der Waals surface area contributed by atoms with E-state index >= 15 is 0 Å². The zero-order chi connectivity index (χ0) is 14.7. The molecule has 0 unspecified atom stereocenters. The van der Waals surface area contributed by atoms with Crippen LogP contribution in [-0.2, 0) is 34.1 Å². The summed E-state index contributed by atoms with van der Waals surface area (Å²) in [7, 11) is 5.01. The van der Waals surface area contributed by atoms with Crippen LogP contribution in [0.2, 0.25) is 0 Å². The van der Waals surface area contributed by atoms with Crippen LogP contribution < -0.4 is 16.6 Å². The number of aromatic nitrogens is 5. The molecule has 0 saturated heterocycles. The highest BCUT2D eigenvalue weighted by Gasteiger charge is 2.05. The van der Waals surface area contributed by atoms with Crippen LogP contribution in [0.25, 0.3) is 0 Å². The van der Waals surface area contributed by atoms with E-state index in [1.54, 1.807) is 13.4 Å². The normalized spacial score (nSPS) is 10.9. The summed E-state index contributed by atoms with van der Waals surface area (Å²) in [6, 6.07) is 1.47.